The van der Waals surface area contributed by atoms with Crippen LogP contribution in [-0.2, 0) is 0 Å². The fourth-order valence-corrected chi connectivity index (χ4v) is 2.07. The van der Waals surface area contributed by atoms with E-state index in [9.17, 15) is 0 Å². The van der Waals surface area contributed by atoms with Crippen molar-refractivity contribution in [1.29, 1.82) is 0 Å². The van der Waals surface area contributed by atoms with Crippen LogP contribution in [0.25, 0.3) is 16.0 Å². The van der Waals surface area contributed by atoms with E-state index < -0.39 is 0 Å². The number of nitrogens with zero attached hydrogens (tertiary/aromatic N) is 1. The van der Waals surface area contributed by atoms with Gasteiger partial charge in [-0.2, -0.15) is 0 Å². The predicted octanol–water partition coefficient (Wildman–Crippen LogP) is 5.34. The lowest BCUT2D eigenvalue weighted by Gasteiger charge is -2.11. The monoisotopic (exact) mass is 235 g/mol. The molecule has 18 heavy (non-hydrogen) atoms. The Balaban J connectivity index is 2.53. The maximum absolute atomic E-state index is 7.08. The van der Waals surface area contributed by atoms with Crippen molar-refractivity contribution in [3.63, 3.8) is 0 Å². The summed E-state index contributed by atoms with van der Waals surface area (Å²) in [4.78, 5) is 3.49. The first-order chi connectivity index (χ1) is 8.60. The zero-order valence-electron chi connectivity index (χ0n) is 11.1. The molecule has 0 saturated carbocycles. The van der Waals surface area contributed by atoms with Crippen molar-refractivity contribution in [2.75, 3.05) is 0 Å². The molecule has 0 fully saturated rings. The second-order valence-electron chi connectivity index (χ2n) is 4.95. The lowest BCUT2D eigenvalue weighted by molar-refractivity contribution is 0.865. The average Bonchev–Trinajstić information content (AvgIpc) is 2.38. The fraction of sp³-hybridized carbons (Fsp3) is 0.235. The van der Waals surface area contributed by atoms with Crippen molar-refractivity contribution in [3.05, 3.63) is 65.0 Å². The van der Waals surface area contributed by atoms with Gasteiger partial charge in [0.1, 0.15) is 0 Å². The van der Waals surface area contributed by atoms with Crippen molar-refractivity contribution >= 4 is 5.69 Å². The summed E-state index contributed by atoms with van der Waals surface area (Å²) in [6, 6.07) is 14.4. The summed E-state index contributed by atoms with van der Waals surface area (Å²) in [7, 11) is 0. The largest absolute Gasteiger partial charge is 0.238 e. The van der Waals surface area contributed by atoms with Gasteiger partial charge in [0.15, 0.2) is 5.69 Å². The zero-order valence-corrected chi connectivity index (χ0v) is 11.1. The molecule has 0 aliphatic carbocycles. The Morgan fingerprint density at radius 2 is 1.78 bits per heavy atom. The summed E-state index contributed by atoms with van der Waals surface area (Å²) >= 11 is 0. The van der Waals surface area contributed by atoms with E-state index in [0.717, 1.165) is 5.56 Å². The molecule has 0 N–H and O–H groups in total. The topological polar surface area (TPSA) is 4.36 Å². The summed E-state index contributed by atoms with van der Waals surface area (Å²) in [6.45, 7) is 13.6. The molecule has 0 aromatic heterocycles. The quantitative estimate of drug-likeness (QED) is 0.619. The molecule has 90 valence electrons. The van der Waals surface area contributed by atoms with Gasteiger partial charge in [-0.3, -0.25) is 0 Å². The summed E-state index contributed by atoms with van der Waals surface area (Å²) < 4.78 is 0. The van der Waals surface area contributed by atoms with E-state index >= 15 is 0 Å². The molecule has 1 heteroatoms. The number of hydrogen-bond acceptors (Lipinski definition) is 0. The minimum Gasteiger partial charge on any atom is -0.238 e. The molecule has 0 aliphatic heterocycles. The van der Waals surface area contributed by atoms with Gasteiger partial charge in [-0.05, 0) is 35.6 Å². The Bertz CT molecular complexity index is 603. The summed E-state index contributed by atoms with van der Waals surface area (Å²) in [5.41, 5.74) is 5.63. The minimum atomic E-state index is 0.521. The van der Waals surface area contributed by atoms with E-state index in [2.05, 4.69) is 49.9 Å². The van der Waals surface area contributed by atoms with Crippen molar-refractivity contribution in [3.8, 4) is 11.1 Å². The molecule has 0 aliphatic rings. The Labute approximate surface area is 109 Å². The van der Waals surface area contributed by atoms with Crippen LogP contribution >= 0.6 is 0 Å². The van der Waals surface area contributed by atoms with Gasteiger partial charge < -0.3 is 0 Å². The van der Waals surface area contributed by atoms with Crippen molar-refractivity contribution in [2.24, 2.45) is 0 Å². The van der Waals surface area contributed by atoms with Gasteiger partial charge in [-0.1, -0.05) is 55.8 Å². The smallest absolute Gasteiger partial charge is 0.187 e. The first-order valence-electron chi connectivity index (χ1n) is 6.19. The second-order valence-corrected chi connectivity index (χ2v) is 4.95. The maximum atomic E-state index is 7.08. The minimum absolute atomic E-state index is 0.521. The molecule has 1 nitrogen and oxygen atoms in total. The molecule has 0 radical (unpaired) electrons. The van der Waals surface area contributed by atoms with E-state index in [1.807, 2.05) is 18.2 Å². The van der Waals surface area contributed by atoms with Crippen LogP contribution in [-0.4, -0.2) is 0 Å². The third-order valence-electron chi connectivity index (χ3n) is 3.07. The van der Waals surface area contributed by atoms with Crippen molar-refractivity contribution in [1.82, 2.24) is 0 Å². The molecule has 0 spiro atoms. The highest BCUT2D eigenvalue weighted by molar-refractivity contribution is 5.69. The van der Waals surface area contributed by atoms with Crippen LogP contribution in [0.4, 0.5) is 5.69 Å². The van der Waals surface area contributed by atoms with Gasteiger partial charge in [0.05, 0.1) is 6.57 Å². The fourth-order valence-electron chi connectivity index (χ4n) is 2.07. The highest BCUT2D eigenvalue weighted by atomic mass is 14.6. The Kier molecular flexibility index (Phi) is 3.48. The third kappa shape index (κ3) is 2.60. The second kappa shape index (κ2) is 5.06. The molecule has 0 amide bonds. The molecular weight excluding hydrogens is 218 g/mol. The van der Waals surface area contributed by atoms with Crippen LogP contribution in [0.15, 0.2) is 42.5 Å². The Hall–Kier alpha value is -2.07. The number of rotatable bonds is 2. The maximum Gasteiger partial charge on any atom is 0.187 e. The van der Waals surface area contributed by atoms with Gasteiger partial charge >= 0.3 is 0 Å². The molecule has 2 aromatic carbocycles. The molecule has 2 aromatic rings. The molecule has 0 bridgehead atoms. The van der Waals surface area contributed by atoms with Gasteiger partial charge in [-0.25, -0.2) is 4.85 Å². The van der Waals surface area contributed by atoms with Crippen LogP contribution in [0.2, 0.25) is 0 Å². The van der Waals surface area contributed by atoms with E-state index in [1.165, 1.54) is 16.7 Å². The predicted molar refractivity (Wildman–Crippen MR) is 77.0 cm³/mol. The van der Waals surface area contributed by atoms with Crippen molar-refractivity contribution in [2.45, 2.75) is 26.7 Å². The summed E-state index contributed by atoms with van der Waals surface area (Å²) in [5.74, 6) is 0.521. The molecule has 0 heterocycles. The highest BCUT2D eigenvalue weighted by Crippen LogP contribution is 2.28. The van der Waals surface area contributed by atoms with Gasteiger partial charge in [0, 0.05) is 0 Å². The van der Waals surface area contributed by atoms with E-state index in [1.54, 1.807) is 0 Å². The van der Waals surface area contributed by atoms with Crippen LogP contribution in [0, 0.1) is 13.5 Å². The molecular formula is C17H17N. The molecule has 0 unspecified atom stereocenters. The normalized spacial score (nSPS) is 10.4. The van der Waals surface area contributed by atoms with E-state index in [-0.39, 0.29) is 0 Å². The summed E-state index contributed by atoms with van der Waals surface area (Å²) in [5, 5.41) is 0. The average molecular weight is 235 g/mol. The van der Waals surface area contributed by atoms with Crippen molar-refractivity contribution < 1.29 is 0 Å². The standard InChI is InChI=1S/C17H17N/c1-12(2)15-8-13(3)9-16(10-15)14-6-5-7-17(11-14)18-4/h5-12H,1-3H3. The van der Waals surface area contributed by atoms with Gasteiger partial charge in [0.25, 0.3) is 0 Å². The lowest BCUT2D eigenvalue weighted by Crippen LogP contribution is -1.90. The summed E-state index contributed by atoms with van der Waals surface area (Å²) in [6.07, 6.45) is 0. The van der Waals surface area contributed by atoms with Gasteiger partial charge in [-0.15, -0.1) is 0 Å². The first-order valence-corrected chi connectivity index (χ1v) is 6.19. The first kappa shape index (κ1) is 12.4. The zero-order chi connectivity index (χ0) is 13.1. The molecule has 0 saturated heterocycles. The lowest BCUT2D eigenvalue weighted by atomic mass is 9.95. The van der Waals surface area contributed by atoms with E-state index in [0.29, 0.717) is 11.6 Å². The third-order valence-corrected chi connectivity index (χ3v) is 3.07. The van der Waals surface area contributed by atoms with Crippen LogP contribution < -0.4 is 0 Å². The number of benzene rings is 2. The van der Waals surface area contributed by atoms with Gasteiger partial charge in [0.2, 0.25) is 0 Å². The SMILES string of the molecule is [C-]#[N+]c1cccc(-c2cc(C)cc(C(C)C)c2)c1. The molecule has 2 rings (SSSR count). The Morgan fingerprint density at radius 1 is 1.00 bits per heavy atom. The van der Waals surface area contributed by atoms with E-state index in [4.69, 9.17) is 6.57 Å². The van der Waals surface area contributed by atoms with Crippen LogP contribution in [0.3, 0.4) is 0 Å². The Morgan fingerprint density at radius 3 is 2.44 bits per heavy atom. The number of hydrogen-bond donors (Lipinski definition) is 0. The highest BCUT2D eigenvalue weighted by Gasteiger charge is 2.05. The van der Waals surface area contributed by atoms with Crippen LogP contribution in [0.1, 0.15) is 30.9 Å². The molecule has 0 atom stereocenters. The number of aryl methyl sites for hydroxylation is 1. The van der Waals surface area contributed by atoms with Crippen LogP contribution in [0.5, 0.6) is 0 Å².